The van der Waals surface area contributed by atoms with Gasteiger partial charge in [0.15, 0.2) is 0 Å². The molecule has 1 heterocycles. The number of amides is 3. The molecule has 0 unspecified atom stereocenters. The van der Waals surface area contributed by atoms with Gasteiger partial charge in [-0.15, -0.1) is 11.3 Å². The van der Waals surface area contributed by atoms with Gasteiger partial charge in [0, 0.05) is 9.90 Å². The first-order chi connectivity index (χ1) is 8.97. The van der Waals surface area contributed by atoms with Gasteiger partial charge in [-0.25, -0.2) is 4.79 Å². The van der Waals surface area contributed by atoms with E-state index in [0.29, 0.717) is 10.7 Å². The normalized spacial score (nSPS) is 10.2. The fourth-order valence-corrected chi connectivity index (χ4v) is 2.65. The predicted molar refractivity (Wildman–Crippen MR) is 76.5 cm³/mol. The van der Waals surface area contributed by atoms with Gasteiger partial charge >= 0.3 is 6.03 Å². The van der Waals surface area contributed by atoms with Crippen molar-refractivity contribution in [3.8, 4) is 10.4 Å². The molecular weight excluding hydrogens is 286 g/mol. The summed E-state index contributed by atoms with van der Waals surface area (Å²) in [5.74, 6) is -0.617. The first-order valence-corrected chi connectivity index (χ1v) is 6.43. The molecule has 2 rings (SSSR count). The van der Waals surface area contributed by atoms with Crippen molar-refractivity contribution < 1.29 is 9.59 Å². The lowest BCUT2D eigenvalue weighted by Gasteiger charge is -1.99. The van der Waals surface area contributed by atoms with Crippen molar-refractivity contribution in [1.82, 2.24) is 0 Å². The number of carbonyl (C=O) groups excluding carboxylic acids is 2. The topological polar surface area (TPSA) is 98.2 Å². The number of rotatable bonds is 3. The molecule has 0 saturated carbocycles. The average molecular weight is 296 g/mol. The molecule has 0 saturated heterocycles. The molecule has 5 nitrogen and oxygen atoms in total. The summed E-state index contributed by atoms with van der Waals surface area (Å²) in [7, 11) is 0. The molecule has 3 amide bonds. The summed E-state index contributed by atoms with van der Waals surface area (Å²) < 4.78 is 0. The third kappa shape index (κ3) is 3.04. The highest BCUT2D eigenvalue weighted by Crippen LogP contribution is 2.34. The molecule has 0 aliphatic rings. The molecule has 0 aliphatic heterocycles. The molecule has 0 spiro atoms. The second-order valence-electron chi connectivity index (χ2n) is 3.71. The van der Waals surface area contributed by atoms with E-state index < -0.39 is 11.9 Å². The number of carbonyl (C=O) groups is 2. The zero-order chi connectivity index (χ0) is 14.0. The van der Waals surface area contributed by atoms with E-state index in [1.54, 1.807) is 18.2 Å². The van der Waals surface area contributed by atoms with Gasteiger partial charge in [-0.05, 0) is 23.8 Å². The van der Waals surface area contributed by atoms with Crippen molar-refractivity contribution in [3.63, 3.8) is 0 Å². The molecule has 0 fully saturated rings. The molecule has 1 aromatic heterocycles. The van der Waals surface area contributed by atoms with Crippen LogP contribution < -0.4 is 16.8 Å². The van der Waals surface area contributed by atoms with E-state index in [2.05, 4.69) is 5.32 Å². The van der Waals surface area contributed by atoms with E-state index in [0.717, 1.165) is 10.4 Å². The molecule has 1 aromatic carbocycles. The number of benzene rings is 1. The number of primary amides is 2. The van der Waals surface area contributed by atoms with Crippen LogP contribution >= 0.6 is 22.9 Å². The Labute approximate surface area is 118 Å². The largest absolute Gasteiger partial charge is 0.365 e. The number of thiophene rings is 1. The van der Waals surface area contributed by atoms with Gasteiger partial charge in [0.05, 0.1) is 5.69 Å². The third-order valence-electron chi connectivity index (χ3n) is 2.34. The fourth-order valence-electron chi connectivity index (χ4n) is 1.56. The highest BCUT2D eigenvalue weighted by atomic mass is 35.5. The SMILES string of the molecule is NC(=O)Nc1cc(-c2ccc(Cl)cc2)sc1C(N)=O. The third-order valence-corrected chi connectivity index (χ3v) is 3.79. The maximum absolute atomic E-state index is 11.3. The fraction of sp³-hybridized carbons (Fsp3) is 0. The maximum atomic E-state index is 11.3. The van der Waals surface area contributed by atoms with Crippen LogP contribution in [0.3, 0.4) is 0 Å². The van der Waals surface area contributed by atoms with Gasteiger partial charge in [-0.1, -0.05) is 23.7 Å². The van der Waals surface area contributed by atoms with Crippen LogP contribution in [0.25, 0.3) is 10.4 Å². The minimum Gasteiger partial charge on any atom is -0.365 e. The number of halogens is 1. The Kier molecular flexibility index (Phi) is 3.73. The number of hydrogen-bond acceptors (Lipinski definition) is 3. The van der Waals surface area contributed by atoms with Gasteiger partial charge in [-0.3, -0.25) is 4.79 Å². The lowest BCUT2D eigenvalue weighted by atomic mass is 10.2. The van der Waals surface area contributed by atoms with Gasteiger partial charge in [-0.2, -0.15) is 0 Å². The molecule has 2 aromatic rings. The number of urea groups is 1. The average Bonchev–Trinajstić information content (AvgIpc) is 2.73. The van der Waals surface area contributed by atoms with Crippen molar-refractivity contribution in [2.75, 3.05) is 5.32 Å². The van der Waals surface area contributed by atoms with Crippen LogP contribution in [-0.4, -0.2) is 11.9 Å². The summed E-state index contributed by atoms with van der Waals surface area (Å²) in [6.07, 6.45) is 0. The Hall–Kier alpha value is -2.05. The Morgan fingerprint density at radius 1 is 1.16 bits per heavy atom. The molecule has 98 valence electrons. The van der Waals surface area contributed by atoms with E-state index in [9.17, 15) is 9.59 Å². The summed E-state index contributed by atoms with van der Waals surface area (Å²) in [5, 5.41) is 3.00. The van der Waals surface area contributed by atoms with Crippen LogP contribution in [0, 0.1) is 0 Å². The van der Waals surface area contributed by atoms with Crippen LogP contribution in [0.1, 0.15) is 9.67 Å². The van der Waals surface area contributed by atoms with Crippen LogP contribution in [0.5, 0.6) is 0 Å². The Balaban J connectivity index is 2.45. The molecule has 0 radical (unpaired) electrons. The van der Waals surface area contributed by atoms with Crippen LogP contribution in [-0.2, 0) is 0 Å². The van der Waals surface area contributed by atoms with E-state index in [4.69, 9.17) is 23.1 Å². The minimum atomic E-state index is -0.747. The van der Waals surface area contributed by atoms with Crippen molar-refractivity contribution in [2.24, 2.45) is 11.5 Å². The Morgan fingerprint density at radius 3 is 2.32 bits per heavy atom. The Bertz CT molecular complexity index is 637. The van der Waals surface area contributed by atoms with E-state index in [1.165, 1.54) is 11.3 Å². The van der Waals surface area contributed by atoms with Gasteiger partial charge in [0.1, 0.15) is 4.88 Å². The molecule has 19 heavy (non-hydrogen) atoms. The zero-order valence-electron chi connectivity index (χ0n) is 9.64. The van der Waals surface area contributed by atoms with E-state index >= 15 is 0 Å². The summed E-state index contributed by atoms with van der Waals surface area (Å²) in [4.78, 5) is 23.2. The lowest BCUT2D eigenvalue weighted by molar-refractivity contribution is 0.100. The van der Waals surface area contributed by atoms with Crippen molar-refractivity contribution in [2.45, 2.75) is 0 Å². The number of anilines is 1. The quantitative estimate of drug-likeness (QED) is 0.811. The van der Waals surface area contributed by atoms with Crippen LogP contribution in [0.15, 0.2) is 30.3 Å². The summed E-state index contributed by atoms with van der Waals surface area (Å²) in [5.41, 5.74) is 11.5. The smallest absolute Gasteiger partial charge is 0.316 e. The van der Waals surface area contributed by atoms with Crippen molar-refractivity contribution in [1.29, 1.82) is 0 Å². The number of nitrogens with two attached hydrogens (primary N) is 2. The molecule has 0 aliphatic carbocycles. The molecule has 7 heteroatoms. The highest BCUT2D eigenvalue weighted by molar-refractivity contribution is 7.18. The second kappa shape index (κ2) is 5.29. The lowest BCUT2D eigenvalue weighted by Crippen LogP contribution is -2.21. The standard InChI is InChI=1S/C12H10ClN3O2S/c13-7-3-1-6(2-4-7)9-5-8(16-12(15)18)10(19-9)11(14)17/h1-5H,(H2,14,17)(H3,15,16,18). The number of hydrogen-bond donors (Lipinski definition) is 3. The van der Waals surface area contributed by atoms with Crippen LogP contribution in [0.2, 0.25) is 5.02 Å². The molecule has 0 bridgehead atoms. The first-order valence-electron chi connectivity index (χ1n) is 5.23. The monoisotopic (exact) mass is 295 g/mol. The van der Waals surface area contributed by atoms with Gasteiger partial charge < -0.3 is 16.8 Å². The summed E-state index contributed by atoms with van der Waals surface area (Å²) in [6.45, 7) is 0. The van der Waals surface area contributed by atoms with Crippen LogP contribution in [0.4, 0.5) is 10.5 Å². The summed E-state index contributed by atoms with van der Waals surface area (Å²) in [6, 6.07) is 8.00. The second-order valence-corrected chi connectivity index (χ2v) is 5.20. The van der Waals surface area contributed by atoms with Crippen molar-refractivity contribution >= 4 is 40.6 Å². The number of nitrogens with one attached hydrogen (secondary N) is 1. The maximum Gasteiger partial charge on any atom is 0.316 e. The summed E-state index contributed by atoms with van der Waals surface area (Å²) >= 11 is 6.99. The molecule has 5 N–H and O–H groups in total. The Morgan fingerprint density at radius 2 is 1.79 bits per heavy atom. The van der Waals surface area contributed by atoms with Gasteiger partial charge in [0.2, 0.25) is 0 Å². The highest BCUT2D eigenvalue weighted by Gasteiger charge is 2.15. The first kappa shape index (κ1) is 13.4. The van der Waals surface area contributed by atoms with E-state index in [1.807, 2.05) is 12.1 Å². The van der Waals surface area contributed by atoms with Crippen molar-refractivity contribution in [3.05, 3.63) is 40.2 Å². The van der Waals surface area contributed by atoms with Gasteiger partial charge in [0.25, 0.3) is 5.91 Å². The zero-order valence-corrected chi connectivity index (χ0v) is 11.2. The molecule has 0 atom stereocenters. The minimum absolute atomic E-state index is 0.253. The van der Waals surface area contributed by atoms with E-state index in [-0.39, 0.29) is 4.88 Å². The molecular formula is C12H10ClN3O2S. The predicted octanol–water partition coefficient (Wildman–Crippen LogP) is 2.66.